The maximum Gasteiger partial charge on any atom is 0.150 e. The summed E-state index contributed by atoms with van der Waals surface area (Å²) in [5, 5.41) is 0.836. The number of nitrogens with zero attached hydrogens (tertiary/aromatic N) is 3. The molecule has 0 amide bonds. The third kappa shape index (κ3) is 2.03. The number of nitrogens with two attached hydrogens (primary N) is 1. The first-order valence-electron chi connectivity index (χ1n) is 7.56. The predicted octanol–water partition coefficient (Wildman–Crippen LogP) is 2.24. The van der Waals surface area contributed by atoms with Crippen LogP contribution in [0.3, 0.4) is 0 Å². The van der Waals surface area contributed by atoms with Gasteiger partial charge in [0.2, 0.25) is 0 Å². The van der Waals surface area contributed by atoms with E-state index in [1.165, 1.54) is 25.5 Å². The minimum Gasteiger partial charge on any atom is -0.398 e. The van der Waals surface area contributed by atoms with Crippen LogP contribution in [0.5, 0.6) is 0 Å². The van der Waals surface area contributed by atoms with Crippen molar-refractivity contribution >= 4 is 22.3 Å². The maximum atomic E-state index is 14.5. The Morgan fingerprint density at radius 2 is 2.19 bits per heavy atom. The highest BCUT2D eigenvalue weighted by molar-refractivity contribution is 5.98. The normalized spacial score (nSPS) is 22.7. The van der Waals surface area contributed by atoms with Crippen LogP contribution in [0.25, 0.3) is 10.9 Å². The zero-order valence-corrected chi connectivity index (χ0v) is 11.9. The first-order chi connectivity index (χ1) is 10.2. The summed E-state index contributed by atoms with van der Waals surface area (Å²) in [7, 11) is 0. The molecule has 0 saturated carbocycles. The van der Waals surface area contributed by atoms with Crippen molar-refractivity contribution in [2.24, 2.45) is 0 Å². The second-order valence-corrected chi connectivity index (χ2v) is 5.97. The summed E-state index contributed by atoms with van der Waals surface area (Å²) in [6.07, 6.45) is 4.16. The molecule has 4 nitrogen and oxygen atoms in total. The Morgan fingerprint density at radius 1 is 1.29 bits per heavy atom. The van der Waals surface area contributed by atoms with Crippen molar-refractivity contribution in [3.63, 3.8) is 0 Å². The van der Waals surface area contributed by atoms with Crippen LogP contribution in [0.1, 0.15) is 12.8 Å². The van der Waals surface area contributed by atoms with Gasteiger partial charge in [0.25, 0.3) is 0 Å². The summed E-state index contributed by atoms with van der Waals surface area (Å²) in [4.78, 5) is 9.05. The van der Waals surface area contributed by atoms with E-state index in [-0.39, 0.29) is 5.82 Å². The van der Waals surface area contributed by atoms with Gasteiger partial charge in [-0.3, -0.25) is 9.88 Å². The molecular weight excluding hydrogens is 267 g/mol. The second kappa shape index (κ2) is 4.84. The number of nitrogen functional groups attached to an aromatic ring is 1. The van der Waals surface area contributed by atoms with Gasteiger partial charge in [-0.2, -0.15) is 0 Å². The fourth-order valence-corrected chi connectivity index (χ4v) is 3.72. The fourth-order valence-electron chi connectivity index (χ4n) is 3.72. The average Bonchev–Trinajstić information content (AvgIpc) is 2.95. The van der Waals surface area contributed by atoms with Crippen LogP contribution < -0.4 is 10.6 Å². The fraction of sp³-hybridized carbons (Fsp3) is 0.438. The van der Waals surface area contributed by atoms with Crippen LogP contribution in [0, 0.1) is 5.82 Å². The summed E-state index contributed by atoms with van der Waals surface area (Å²) < 4.78 is 14.5. The molecule has 2 N–H and O–H groups in total. The van der Waals surface area contributed by atoms with Crippen LogP contribution in [-0.2, 0) is 0 Å². The zero-order valence-electron chi connectivity index (χ0n) is 11.9. The number of halogens is 1. The molecule has 1 aromatic heterocycles. The third-order valence-electron chi connectivity index (χ3n) is 4.76. The van der Waals surface area contributed by atoms with Crippen LogP contribution in [0.2, 0.25) is 0 Å². The van der Waals surface area contributed by atoms with Gasteiger partial charge in [0.15, 0.2) is 5.82 Å². The van der Waals surface area contributed by atoms with Gasteiger partial charge in [-0.25, -0.2) is 4.39 Å². The summed E-state index contributed by atoms with van der Waals surface area (Å²) in [6, 6.07) is 5.73. The molecule has 2 fully saturated rings. The van der Waals surface area contributed by atoms with Gasteiger partial charge in [0.05, 0.1) is 11.2 Å². The van der Waals surface area contributed by atoms with Crippen molar-refractivity contribution in [1.82, 2.24) is 9.88 Å². The summed E-state index contributed by atoms with van der Waals surface area (Å²) in [5.74, 6) is -0.259. The number of rotatable bonds is 1. The molecule has 0 aliphatic carbocycles. The minimum atomic E-state index is -0.259. The van der Waals surface area contributed by atoms with Crippen molar-refractivity contribution in [3.05, 3.63) is 30.2 Å². The van der Waals surface area contributed by atoms with E-state index in [0.717, 1.165) is 25.0 Å². The SMILES string of the molecule is Nc1cc(F)c(N2CCN3CCCC3C2)c2ncccc12. The van der Waals surface area contributed by atoms with Gasteiger partial charge >= 0.3 is 0 Å². The molecule has 4 rings (SSSR count). The molecule has 2 aliphatic rings. The van der Waals surface area contributed by atoms with Gasteiger partial charge in [0, 0.05) is 42.9 Å². The lowest BCUT2D eigenvalue weighted by Gasteiger charge is -2.39. The molecule has 21 heavy (non-hydrogen) atoms. The van der Waals surface area contributed by atoms with Gasteiger partial charge in [-0.1, -0.05) is 0 Å². The lowest BCUT2D eigenvalue weighted by molar-refractivity contribution is 0.230. The molecule has 1 unspecified atom stereocenters. The molecule has 2 aliphatic heterocycles. The van der Waals surface area contributed by atoms with E-state index in [4.69, 9.17) is 5.73 Å². The minimum absolute atomic E-state index is 0.259. The van der Waals surface area contributed by atoms with Crippen molar-refractivity contribution in [3.8, 4) is 0 Å². The van der Waals surface area contributed by atoms with Gasteiger partial charge in [-0.15, -0.1) is 0 Å². The third-order valence-corrected chi connectivity index (χ3v) is 4.76. The van der Waals surface area contributed by atoms with Crippen LogP contribution in [0.4, 0.5) is 15.8 Å². The average molecular weight is 286 g/mol. The number of hydrogen-bond donors (Lipinski definition) is 1. The molecule has 0 radical (unpaired) electrons. The van der Waals surface area contributed by atoms with Gasteiger partial charge < -0.3 is 10.6 Å². The zero-order chi connectivity index (χ0) is 14.4. The lowest BCUT2D eigenvalue weighted by atomic mass is 10.1. The Morgan fingerprint density at radius 3 is 3.10 bits per heavy atom. The number of anilines is 2. The molecule has 0 spiro atoms. The number of pyridine rings is 1. The highest BCUT2D eigenvalue weighted by atomic mass is 19.1. The standard InChI is InChI=1S/C16H19FN4/c17-13-9-14(18)12-4-1-5-19-15(12)16(13)21-8-7-20-6-2-3-11(20)10-21/h1,4-5,9,11H,2-3,6-8,10,18H2. The van der Waals surface area contributed by atoms with Gasteiger partial charge in [-0.05, 0) is 37.6 Å². The Bertz CT molecular complexity index is 687. The quantitative estimate of drug-likeness (QED) is 0.817. The number of aromatic nitrogens is 1. The predicted molar refractivity (Wildman–Crippen MR) is 82.9 cm³/mol. The van der Waals surface area contributed by atoms with Crippen LogP contribution >= 0.6 is 0 Å². The molecule has 3 heterocycles. The number of hydrogen-bond acceptors (Lipinski definition) is 4. The van der Waals surface area contributed by atoms with E-state index in [0.29, 0.717) is 22.9 Å². The van der Waals surface area contributed by atoms with E-state index in [2.05, 4.69) is 14.8 Å². The Labute approximate surface area is 123 Å². The first-order valence-corrected chi connectivity index (χ1v) is 7.56. The number of piperazine rings is 1. The maximum absolute atomic E-state index is 14.5. The Kier molecular flexibility index (Phi) is 2.96. The molecule has 5 heteroatoms. The monoisotopic (exact) mass is 286 g/mol. The number of benzene rings is 1. The smallest absolute Gasteiger partial charge is 0.150 e. The largest absolute Gasteiger partial charge is 0.398 e. The summed E-state index contributed by atoms with van der Waals surface area (Å²) in [6.45, 7) is 3.92. The molecule has 2 saturated heterocycles. The van der Waals surface area contributed by atoms with Crippen molar-refractivity contribution < 1.29 is 4.39 Å². The molecule has 1 atom stereocenters. The first kappa shape index (κ1) is 12.8. The van der Waals surface area contributed by atoms with Crippen molar-refractivity contribution in [1.29, 1.82) is 0 Å². The highest BCUT2D eigenvalue weighted by Crippen LogP contribution is 2.34. The number of fused-ring (bicyclic) bond motifs is 2. The summed E-state index contributed by atoms with van der Waals surface area (Å²) in [5.41, 5.74) is 7.69. The van der Waals surface area contributed by atoms with Crippen LogP contribution in [-0.4, -0.2) is 42.1 Å². The highest BCUT2D eigenvalue weighted by Gasteiger charge is 2.32. The van der Waals surface area contributed by atoms with E-state index >= 15 is 0 Å². The molecule has 110 valence electrons. The van der Waals surface area contributed by atoms with Crippen molar-refractivity contribution in [2.45, 2.75) is 18.9 Å². The van der Waals surface area contributed by atoms with E-state index in [9.17, 15) is 4.39 Å². The molecule has 2 aromatic rings. The van der Waals surface area contributed by atoms with Gasteiger partial charge in [0.1, 0.15) is 0 Å². The van der Waals surface area contributed by atoms with E-state index < -0.39 is 0 Å². The lowest BCUT2D eigenvalue weighted by Crippen LogP contribution is -2.50. The van der Waals surface area contributed by atoms with E-state index in [1.54, 1.807) is 6.20 Å². The van der Waals surface area contributed by atoms with E-state index in [1.807, 2.05) is 12.1 Å². The molecule has 1 aromatic carbocycles. The second-order valence-electron chi connectivity index (χ2n) is 5.97. The molecular formula is C16H19FN4. The Hall–Kier alpha value is -1.88. The molecule has 0 bridgehead atoms. The van der Waals surface area contributed by atoms with Crippen LogP contribution in [0.15, 0.2) is 24.4 Å². The van der Waals surface area contributed by atoms with Crippen molar-refractivity contribution in [2.75, 3.05) is 36.8 Å². The topological polar surface area (TPSA) is 45.4 Å². The Balaban J connectivity index is 1.79. The summed E-state index contributed by atoms with van der Waals surface area (Å²) >= 11 is 0.